The van der Waals surface area contributed by atoms with Gasteiger partial charge in [-0.05, 0) is 24.2 Å². The van der Waals surface area contributed by atoms with E-state index >= 15 is 0 Å². The van der Waals surface area contributed by atoms with Crippen LogP contribution in [0.2, 0.25) is 0 Å². The molecule has 1 saturated heterocycles. The monoisotopic (exact) mass is 213 g/mol. The second-order valence-electron chi connectivity index (χ2n) is 5.43. The molecule has 0 aromatic heterocycles. The van der Waals surface area contributed by atoms with Crippen molar-refractivity contribution in [2.75, 3.05) is 13.1 Å². The largest absolute Gasteiger partial charge is 0.480 e. The van der Waals surface area contributed by atoms with E-state index in [9.17, 15) is 9.90 Å². The second kappa shape index (κ2) is 4.97. The SMILES string of the molecule is CC(C)[C@@H](C(=O)O)N1C[C@H](C)C[C@H](C)C1. The van der Waals surface area contributed by atoms with E-state index in [0.29, 0.717) is 11.8 Å². The first kappa shape index (κ1) is 12.5. The van der Waals surface area contributed by atoms with E-state index in [1.807, 2.05) is 13.8 Å². The van der Waals surface area contributed by atoms with Crippen molar-refractivity contribution in [1.29, 1.82) is 0 Å². The first-order chi connectivity index (χ1) is 6.91. The molecule has 0 spiro atoms. The van der Waals surface area contributed by atoms with Crippen LogP contribution in [0.1, 0.15) is 34.1 Å². The Kier molecular flexibility index (Phi) is 4.14. The standard InChI is InChI=1S/C12H23NO2/c1-8(2)11(12(14)15)13-6-9(3)5-10(4)7-13/h8-11H,5-7H2,1-4H3,(H,14,15)/t9-,10+,11-/m0/s1. The van der Waals surface area contributed by atoms with E-state index in [1.54, 1.807) is 0 Å². The lowest BCUT2D eigenvalue weighted by atomic mass is 9.89. The van der Waals surface area contributed by atoms with Gasteiger partial charge in [-0.15, -0.1) is 0 Å². The molecule has 0 amide bonds. The van der Waals surface area contributed by atoms with Crippen molar-refractivity contribution in [3.05, 3.63) is 0 Å². The summed E-state index contributed by atoms with van der Waals surface area (Å²) in [4.78, 5) is 13.4. The summed E-state index contributed by atoms with van der Waals surface area (Å²) in [6.45, 7) is 10.3. The van der Waals surface area contributed by atoms with Gasteiger partial charge in [-0.2, -0.15) is 0 Å². The molecule has 3 atom stereocenters. The highest BCUT2D eigenvalue weighted by molar-refractivity contribution is 5.73. The van der Waals surface area contributed by atoms with Crippen molar-refractivity contribution in [2.24, 2.45) is 17.8 Å². The minimum absolute atomic E-state index is 0.181. The van der Waals surface area contributed by atoms with Crippen LogP contribution in [0.3, 0.4) is 0 Å². The Morgan fingerprint density at radius 1 is 1.27 bits per heavy atom. The maximum atomic E-state index is 11.2. The van der Waals surface area contributed by atoms with Gasteiger partial charge in [-0.3, -0.25) is 9.69 Å². The molecule has 3 heteroatoms. The Labute approximate surface area is 92.5 Å². The normalized spacial score (nSPS) is 30.5. The lowest BCUT2D eigenvalue weighted by molar-refractivity contribution is -0.146. The van der Waals surface area contributed by atoms with Gasteiger partial charge in [0.2, 0.25) is 0 Å². The fourth-order valence-electron chi connectivity index (χ4n) is 2.80. The number of rotatable bonds is 3. The molecule has 88 valence electrons. The average Bonchev–Trinajstić information content (AvgIpc) is 1.99. The Balaban J connectivity index is 2.70. The van der Waals surface area contributed by atoms with Gasteiger partial charge >= 0.3 is 5.97 Å². The molecule has 0 aliphatic carbocycles. The first-order valence-electron chi connectivity index (χ1n) is 5.88. The molecular formula is C12H23NO2. The summed E-state index contributed by atoms with van der Waals surface area (Å²) >= 11 is 0. The predicted molar refractivity (Wildman–Crippen MR) is 60.8 cm³/mol. The quantitative estimate of drug-likeness (QED) is 0.780. The summed E-state index contributed by atoms with van der Waals surface area (Å²) in [6.07, 6.45) is 1.22. The number of aliphatic carboxylic acids is 1. The van der Waals surface area contributed by atoms with Gasteiger partial charge in [0, 0.05) is 13.1 Å². The van der Waals surface area contributed by atoms with Crippen LogP contribution >= 0.6 is 0 Å². The third kappa shape index (κ3) is 3.20. The molecule has 0 aromatic carbocycles. The van der Waals surface area contributed by atoms with Crippen LogP contribution in [-0.2, 0) is 4.79 Å². The van der Waals surface area contributed by atoms with Gasteiger partial charge in [0.25, 0.3) is 0 Å². The van der Waals surface area contributed by atoms with Crippen molar-refractivity contribution in [3.63, 3.8) is 0 Å². The van der Waals surface area contributed by atoms with E-state index in [1.165, 1.54) is 6.42 Å². The molecule has 1 heterocycles. The molecule has 1 N–H and O–H groups in total. The van der Waals surface area contributed by atoms with E-state index in [-0.39, 0.29) is 12.0 Å². The maximum Gasteiger partial charge on any atom is 0.321 e. The lowest BCUT2D eigenvalue weighted by Gasteiger charge is -2.39. The third-order valence-electron chi connectivity index (χ3n) is 3.17. The molecule has 0 aromatic rings. The van der Waals surface area contributed by atoms with E-state index in [0.717, 1.165) is 13.1 Å². The zero-order chi connectivity index (χ0) is 11.6. The summed E-state index contributed by atoms with van der Waals surface area (Å²) in [6, 6.07) is -0.310. The summed E-state index contributed by atoms with van der Waals surface area (Å²) < 4.78 is 0. The predicted octanol–water partition coefficient (Wildman–Crippen LogP) is 2.07. The number of likely N-dealkylation sites (tertiary alicyclic amines) is 1. The molecule has 1 rings (SSSR count). The number of hydrogen-bond donors (Lipinski definition) is 1. The Morgan fingerprint density at radius 3 is 2.07 bits per heavy atom. The lowest BCUT2D eigenvalue weighted by Crippen LogP contribution is -2.50. The molecule has 1 fully saturated rings. The average molecular weight is 213 g/mol. The zero-order valence-electron chi connectivity index (χ0n) is 10.2. The molecule has 1 aliphatic rings. The molecule has 0 radical (unpaired) electrons. The fraction of sp³-hybridized carbons (Fsp3) is 0.917. The fourth-order valence-corrected chi connectivity index (χ4v) is 2.80. The molecule has 15 heavy (non-hydrogen) atoms. The third-order valence-corrected chi connectivity index (χ3v) is 3.17. The van der Waals surface area contributed by atoms with Crippen molar-refractivity contribution >= 4 is 5.97 Å². The van der Waals surface area contributed by atoms with E-state index in [4.69, 9.17) is 0 Å². The van der Waals surface area contributed by atoms with Gasteiger partial charge in [-0.1, -0.05) is 27.7 Å². The topological polar surface area (TPSA) is 40.5 Å². The van der Waals surface area contributed by atoms with Crippen LogP contribution in [-0.4, -0.2) is 35.1 Å². The van der Waals surface area contributed by atoms with Gasteiger partial charge in [0.1, 0.15) is 6.04 Å². The van der Waals surface area contributed by atoms with Crippen LogP contribution in [0.15, 0.2) is 0 Å². The molecule has 3 nitrogen and oxygen atoms in total. The van der Waals surface area contributed by atoms with Crippen molar-refractivity contribution in [2.45, 2.75) is 40.2 Å². The summed E-state index contributed by atoms with van der Waals surface area (Å²) in [5, 5.41) is 9.23. The Morgan fingerprint density at radius 2 is 1.73 bits per heavy atom. The minimum Gasteiger partial charge on any atom is -0.480 e. The van der Waals surface area contributed by atoms with E-state index < -0.39 is 5.97 Å². The van der Waals surface area contributed by atoms with Gasteiger partial charge in [-0.25, -0.2) is 0 Å². The molecule has 0 unspecified atom stereocenters. The molecule has 1 aliphatic heterocycles. The van der Waals surface area contributed by atoms with Gasteiger partial charge < -0.3 is 5.11 Å². The van der Waals surface area contributed by atoms with Gasteiger partial charge in [0.15, 0.2) is 0 Å². The molecular weight excluding hydrogens is 190 g/mol. The Bertz CT molecular complexity index is 218. The Hall–Kier alpha value is -0.570. The van der Waals surface area contributed by atoms with E-state index in [2.05, 4.69) is 18.7 Å². The minimum atomic E-state index is -0.675. The van der Waals surface area contributed by atoms with Crippen molar-refractivity contribution in [3.8, 4) is 0 Å². The summed E-state index contributed by atoms with van der Waals surface area (Å²) in [7, 11) is 0. The highest BCUT2D eigenvalue weighted by Gasteiger charge is 2.33. The van der Waals surface area contributed by atoms with Crippen molar-refractivity contribution < 1.29 is 9.90 Å². The first-order valence-corrected chi connectivity index (χ1v) is 5.88. The molecule has 0 saturated carbocycles. The number of carbonyl (C=O) groups is 1. The van der Waals surface area contributed by atoms with Crippen LogP contribution in [0.4, 0.5) is 0 Å². The van der Waals surface area contributed by atoms with Crippen LogP contribution in [0.25, 0.3) is 0 Å². The zero-order valence-corrected chi connectivity index (χ0v) is 10.2. The van der Waals surface area contributed by atoms with Crippen LogP contribution in [0.5, 0.6) is 0 Å². The number of carboxylic acid groups (broad SMARTS) is 1. The smallest absolute Gasteiger partial charge is 0.321 e. The highest BCUT2D eigenvalue weighted by Crippen LogP contribution is 2.25. The summed E-state index contributed by atoms with van der Waals surface area (Å²) in [5.74, 6) is 0.745. The number of nitrogens with zero attached hydrogens (tertiary/aromatic N) is 1. The molecule has 0 bridgehead atoms. The van der Waals surface area contributed by atoms with Crippen LogP contribution in [0, 0.1) is 17.8 Å². The summed E-state index contributed by atoms with van der Waals surface area (Å²) in [5.41, 5.74) is 0. The van der Waals surface area contributed by atoms with Crippen molar-refractivity contribution in [1.82, 2.24) is 4.90 Å². The van der Waals surface area contributed by atoms with Crippen LogP contribution < -0.4 is 0 Å². The number of hydrogen-bond acceptors (Lipinski definition) is 2. The highest BCUT2D eigenvalue weighted by atomic mass is 16.4. The number of carboxylic acids is 1. The second-order valence-corrected chi connectivity index (χ2v) is 5.43. The maximum absolute atomic E-state index is 11.2. The number of piperidine rings is 1. The van der Waals surface area contributed by atoms with Gasteiger partial charge in [0.05, 0.1) is 0 Å².